The zero-order valence-corrected chi connectivity index (χ0v) is 15.6. The van der Waals surface area contributed by atoms with E-state index in [2.05, 4.69) is 19.8 Å². The molecule has 0 unspecified atom stereocenters. The molecule has 0 saturated heterocycles. The third-order valence-corrected chi connectivity index (χ3v) is 5.24. The normalized spacial score (nSPS) is 11.2. The van der Waals surface area contributed by atoms with E-state index in [-0.39, 0.29) is 5.69 Å². The van der Waals surface area contributed by atoms with Gasteiger partial charge in [-0.3, -0.25) is 4.72 Å². The highest BCUT2D eigenvalue weighted by Crippen LogP contribution is 2.24. The number of benzene rings is 2. The molecule has 0 aliphatic heterocycles. The highest BCUT2D eigenvalue weighted by molar-refractivity contribution is 7.92. The highest BCUT2D eigenvalue weighted by Gasteiger charge is 2.18. The SMILES string of the molecule is O=S(=O)(Nc1ccc(Oc2cc(-n3cccn3)ncn2)cc1)c1ccccc1F. The lowest BCUT2D eigenvalue weighted by molar-refractivity contribution is 0.460. The summed E-state index contributed by atoms with van der Waals surface area (Å²) in [5, 5.41) is 4.09. The molecule has 4 rings (SSSR count). The number of anilines is 1. The Labute approximate surface area is 165 Å². The summed E-state index contributed by atoms with van der Waals surface area (Å²) < 4.78 is 48.0. The molecule has 29 heavy (non-hydrogen) atoms. The predicted octanol–water partition coefficient (Wildman–Crippen LogP) is 3.39. The number of rotatable bonds is 6. The van der Waals surface area contributed by atoms with Crippen LogP contribution in [0.2, 0.25) is 0 Å². The zero-order chi connectivity index (χ0) is 20.3. The number of nitrogens with one attached hydrogen (secondary N) is 1. The summed E-state index contributed by atoms with van der Waals surface area (Å²) in [5.41, 5.74) is 0.264. The number of halogens is 1. The Morgan fingerprint density at radius 3 is 2.52 bits per heavy atom. The molecule has 1 N–H and O–H groups in total. The van der Waals surface area contributed by atoms with E-state index >= 15 is 0 Å². The number of nitrogens with zero attached hydrogens (tertiary/aromatic N) is 4. The third-order valence-electron chi connectivity index (χ3n) is 3.82. The number of hydrogen-bond acceptors (Lipinski definition) is 6. The van der Waals surface area contributed by atoms with Gasteiger partial charge in [-0.15, -0.1) is 0 Å². The first-order valence-corrected chi connectivity index (χ1v) is 9.87. The molecule has 0 atom stereocenters. The van der Waals surface area contributed by atoms with Gasteiger partial charge in [0.25, 0.3) is 10.0 Å². The van der Waals surface area contributed by atoms with E-state index in [9.17, 15) is 12.8 Å². The van der Waals surface area contributed by atoms with Crippen LogP contribution in [-0.4, -0.2) is 28.2 Å². The van der Waals surface area contributed by atoms with Crippen molar-refractivity contribution >= 4 is 15.7 Å². The van der Waals surface area contributed by atoms with Crippen molar-refractivity contribution in [2.75, 3.05) is 4.72 Å². The zero-order valence-electron chi connectivity index (χ0n) is 14.8. The van der Waals surface area contributed by atoms with Crippen LogP contribution in [0, 0.1) is 5.82 Å². The Kier molecular flexibility index (Phi) is 4.92. The van der Waals surface area contributed by atoms with Crippen molar-refractivity contribution < 1.29 is 17.5 Å². The van der Waals surface area contributed by atoms with Gasteiger partial charge in [0.1, 0.15) is 22.8 Å². The van der Waals surface area contributed by atoms with Gasteiger partial charge in [-0.1, -0.05) is 12.1 Å². The Hall–Kier alpha value is -3.79. The lowest BCUT2D eigenvalue weighted by Gasteiger charge is -2.10. The molecule has 8 nitrogen and oxygen atoms in total. The van der Waals surface area contributed by atoms with E-state index in [4.69, 9.17) is 4.74 Å². The van der Waals surface area contributed by atoms with Gasteiger partial charge in [0, 0.05) is 24.1 Å². The summed E-state index contributed by atoms with van der Waals surface area (Å²) >= 11 is 0. The fourth-order valence-electron chi connectivity index (χ4n) is 2.50. The molecule has 0 bridgehead atoms. The first kappa shape index (κ1) is 18.6. The molecule has 0 saturated carbocycles. The molecule has 0 fully saturated rings. The molecule has 2 aromatic carbocycles. The van der Waals surface area contributed by atoms with E-state index in [1.54, 1.807) is 41.3 Å². The van der Waals surface area contributed by atoms with Gasteiger partial charge in [-0.05, 0) is 42.5 Å². The van der Waals surface area contributed by atoms with E-state index in [0.29, 0.717) is 17.4 Å². The van der Waals surface area contributed by atoms with Crippen LogP contribution in [0.3, 0.4) is 0 Å². The van der Waals surface area contributed by atoms with Crippen molar-refractivity contribution in [1.82, 2.24) is 19.7 Å². The van der Waals surface area contributed by atoms with Crippen molar-refractivity contribution in [2.45, 2.75) is 4.90 Å². The molecule has 4 aromatic rings. The van der Waals surface area contributed by atoms with Crippen LogP contribution >= 0.6 is 0 Å². The minimum absolute atomic E-state index is 0.264. The smallest absolute Gasteiger partial charge is 0.264 e. The van der Waals surface area contributed by atoms with Crippen LogP contribution in [0.5, 0.6) is 11.6 Å². The van der Waals surface area contributed by atoms with Crippen molar-refractivity contribution in [3.05, 3.63) is 85.2 Å². The summed E-state index contributed by atoms with van der Waals surface area (Å²) in [6, 6.07) is 14.7. The minimum Gasteiger partial charge on any atom is -0.439 e. The van der Waals surface area contributed by atoms with Crippen molar-refractivity contribution in [3.8, 4) is 17.4 Å². The molecule has 2 aromatic heterocycles. The van der Waals surface area contributed by atoms with Crippen molar-refractivity contribution in [3.63, 3.8) is 0 Å². The van der Waals surface area contributed by atoms with Gasteiger partial charge in [0.15, 0.2) is 5.82 Å². The van der Waals surface area contributed by atoms with Crippen molar-refractivity contribution in [2.24, 2.45) is 0 Å². The fourth-order valence-corrected chi connectivity index (χ4v) is 3.64. The Morgan fingerprint density at radius 1 is 1.00 bits per heavy atom. The maximum atomic E-state index is 13.8. The Bertz CT molecular complexity index is 1230. The maximum Gasteiger partial charge on any atom is 0.264 e. The molecular formula is C19H14FN5O3S. The molecule has 0 amide bonds. The molecular weight excluding hydrogens is 397 g/mol. The predicted molar refractivity (Wildman–Crippen MR) is 103 cm³/mol. The minimum atomic E-state index is -4.04. The Morgan fingerprint density at radius 2 is 1.79 bits per heavy atom. The molecule has 2 heterocycles. The van der Waals surface area contributed by atoms with E-state index in [1.165, 1.54) is 36.7 Å². The molecule has 0 spiro atoms. The highest BCUT2D eigenvalue weighted by atomic mass is 32.2. The lowest BCUT2D eigenvalue weighted by Crippen LogP contribution is -2.14. The van der Waals surface area contributed by atoms with Gasteiger partial charge in [-0.2, -0.15) is 5.10 Å². The topological polar surface area (TPSA) is 99.0 Å². The third kappa shape index (κ3) is 4.22. The molecule has 0 aliphatic rings. The average molecular weight is 411 g/mol. The number of sulfonamides is 1. The second kappa shape index (κ2) is 7.68. The fraction of sp³-hybridized carbons (Fsp3) is 0. The number of aromatic nitrogens is 4. The maximum absolute atomic E-state index is 13.8. The Balaban J connectivity index is 1.49. The summed E-state index contributed by atoms with van der Waals surface area (Å²) in [7, 11) is -4.04. The van der Waals surface area contributed by atoms with Gasteiger partial charge < -0.3 is 4.74 Å². The van der Waals surface area contributed by atoms with Gasteiger partial charge in [-0.25, -0.2) is 27.5 Å². The molecule has 10 heteroatoms. The first-order chi connectivity index (χ1) is 14.0. The van der Waals surface area contributed by atoms with Crippen LogP contribution < -0.4 is 9.46 Å². The molecule has 146 valence electrons. The van der Waals surface area contributed by atoms with E-state index in [1.807, 2.05) is 0 Å². The van der Waals surface area contributed by atoms with E-state index in [0.717, 1.165) is 6.07 Å². The summed E-state index contributed by atoms with van der Waals surface area (Å²) in [6.07, 6.45) is 4.72. The first-order valence-electron chi connectivity index (χ1n) is 8.39. The quantitative estimate of drug-likeness (QED) is 0.522. The van der Waals surface area contributed by atoms with Gasteiger partial charge in [0.2, 0.25) is 5.88 Å². The number of hydrogen-bond donors (Lipinski definition) is 1. The van der Waals surface area contributed by atoms with Crippen molar-refractivity contribution in [1.29, 1.82) is 0 Å². The van der Waals surface area contributed by atoms with E-state index < -0.39 is 20.7 Å². The van der Waals surface area contributed by atoms with Gasteiger partial charge >= 0.3 is 0 Å². The second-order valence-electron chi connectivity index (χ2n) is 5.83. The van der Waals surface area contributed by atoms with Crippen LogP contribution in [0.4, 0.5) is 10.1 Å². The standard InChI is InChI=1S/C19H14FN5O3S/c20-16-4-1-2-5-17(16)29(26,27)24-14-6-8-15(9-7-14)28-19-12-18(21-13-22-19)25-11-3-10-23-25/h1-13,24H. The van der Waals surface area contributed by atoms with Gasteiger partial charge in [0.05, 0.1) is 0 Å². The summed E-state index contributed by atoms with van der Waals surface area (Å²) in [6.45, 7) is 0. The second-order valence-corrected chi connectivity index (χ2v) is 7.48. The molecule has 0 radical (unpaired) electrons. The van der Waals surface area contributed by atoms with Crippen LogP contribution in [0.25, 0.3) is 5.82 Å². The lowest BCUT2D eigenvalue weighted by atomic mass is 10.3. The van der Waals surface area contributed by atoms with Crippen LogP contribution in [0.1, 0.15) is 0 Å². The van der Waals surface area contributed by atoms with Crippen LogP contribution in [0.15, 0.2) is 84.3 Å². The number of ether oxygens (including phenoxy) is 1. The summed E-state index contributed by atoms with van der Waals surface area (Å²) in [4.78, 5) is 7.74. The monoisotopic (exact) mass is 411 g/mol. The largest absolute Gasteiger partial charge is 0.439 e. The van der Waals surface area contributed by atoms with Crippen LogP contribution in [-0.2, 0) is 10.0 Å². The molecule has 0 aliphatic carbocycles. The summed E-state index contributed by atoms with van der Waals surface area (Å²) in [5.74, 6) is 0.445. The average Bonchev–Trinajstić information content (AvgIpc) is 3.25.